The average molecular weight is 343 g/mol. The van der Waals surface area contributed by atoms with Crippen LogP contribution < -0.4 is 10.7 Å². The van der Waals surface area contributed by atoms with E-state index in [0.29, 0.717) is 6.42 Å². The molecule has 0 unspecified atom stereocenters. The minimum atomic E-state index is -0.257. The molecule has 0 aliphatic carbocycles. The lowest BCUT2D eigenvalue weighted by molar-refractivity contribution is -0.121. The maximum absolute atomic E-state index is 12.1. The molecule has 0 spiro atoms. The Bertz CT molecular complexity index is 638. The molecule has 136 valence electrons. The van der Waals surface area contributed by atoms with Gasteiger partial charge < -0.3 is 5.32 Å². The first-order valence-corrected chi connectivity index (χ1v) is 9.46. The SMILES string of the molecule is CCCCCCc1ccc2c(c1)NC(=O)/C2=N\NC(=O)CCCCC. The van der Waals surface area contributed by atoms with Crippen LogP contribution in [0.25, 0.3) is 0 Å². The maximum Gasteiger partial charge on any atom is 0.276 e. The Morgan fingerprint density at radius 3 is 2.60 bits per heavy atom. The predicted octanol–water partition coefficient (Wildman–Crippen LogP) is 4.16. The van der Waals surface area contributed by atoms with E-state index in [1.807, 2.05) is 18.2 Å². The summed E-state index contributed by atoms with van der Waals surface area (Å²) in [6.07, 6.45) is 9.27. The number of nitrogens with zero attached hydrogens (tertiary/aromatic N) is 1. The highest BCUT2D eigenvalue weighted by molar-refractivity contribution is 6.53. The summed E-state index contributed by atoms with van der Waals surface area (Å²) in [5.41, 5.74) is 5.57. The first kappa shape index (κ1) is 19.2. The van der Waals surface area contributed by atoms with E-state index in [9.17, 15) is 9.59 Å². The molecule has 1 aromatic rings. The third kappa shape index (κ3) is 5.69. The number of fused-ring (bicyclic) bond motifs is 1. The third-order valence-electron chi connectivity index (χ3n) is 4.42. The number of unbranched alkanes of at least 4 members (excludes halogenated alkanes) is 5. The Labute approximate surface area is 150 Å². The van der Waals surface area contributed by atoms with Gasteiger partial charge in [-0.1, -0.05) is 58.1 Å². The van der Waals surface area contributed by atoms with E-state index in [1.165, 1.54) is 24.8 Å². The van der Waals surface area contributed by atoms with Gasteiger partial charge in [0.05, 0.1) is 5.69 Å². The van der Waals surface area contributed by atoms with Crippen molar-refractivity contribution in [2.75, 3.05) is 5.32 Å². The molecule has 1 heterocycles. The number of amides is 2. The minimum absolute atomic E-state index is 0.144. The quantitative estimate of drug-likeness (QED) is 0.494. The molecule has 5 nitrogen and oxygen atoms in total. The zero-order chi connectivity index (χ0) is 18.1. The molecule has 2 amide bonds. The highest BCUT2D eigenvalue weighted by Crippen LogP contribution is 2.25. The second-order valence-corrected chi connectivity index (χ2v) is 6.60. The number of hydrogen-bond acceptors (Lipinski definition) is 3. The molecular formula is C20H29N3O2. The Kier molecular flexibility index (Phi) is 7.64. The molecule has 0 bridgehead atoms. The summed E-state index contributed by atoms with van der Waals surface area (Å²) >= 11 is 0. The summed E-state index contributed by atoms with van der Waals surface area (Å²) in [4.78, 5) is 23.9. The minimum Gasteiger partial charge on any atom is -0.320 e. The second kappa shape index (κ2) is 9.97. The summed E-state index contributed by atoms with van der Waals surface area (Å²) < 4.78 is 0. The van der Waals surface area contributed by atoms with Crippen molar-refractivity contribution in [2.45, 2.75) is 71.6 Å². The zero-order valence-electron chi connectivity index (χ0n) is 15.4. The lowest BCUT2D eigenvalue weighted by Gasteiger charge is -2.04. The molecule has 25 heavy (non-hydrogen) atoms. The van der Waals surface area contributed by atoms with Crippen LogP contribution in [0.5, 0.6) is 0 Å². The molecule has 0 fully saturated rings. The number of carbonyl (C=O) groups is 2. The van der Waals surface area contributed by atoms with Crippen molar-refractivity contribution in [3.8, 4) is 0 Å². The highest BCUT2D eigenvalue weighted by Gasteiger charge is 2.26. The van der Waals surface area contributed by atoms with Crippen molar-refractivity contribution in [1.82, 2.24) is 5.43 Å². The van der Waals surface area contributed by atoms with Crippen LogP contribution in [0.15, 0.2) is 23.3 Å². The first-order chi connectivity index (χ1) is 12.2. The van der Waals surface area contributed by atoms with E-state index in [-0.39, 0.29) is 17.5 Å². The summed E-state index contributed by atoms with van der Waals surface area (Å²) in [6.45, 7) is 4.30. The van der Waals surface area contributed by atoms with Crippen LogP contribution in [-0.4, -0.2) is 17.5 Å². The normalized spacial score (nSPS) is 14.5. The van der Waals surface area contributed by atoms with E-state index in [0.717, 1.165) is 43.4 Å². The summed E-state index contributed by atoms with van der Waals surface area (Å²) in [5.74, 6) is -0.401. The fourth-order valence-corrected chi connectivity index (χ4v) is 2.94. The van der Waals surface area contributed by atoms with Gasteiger partial charge in [-0.3, -0.25) is 9.59 Å². The number of hydrogen-bond donors (Lipinski definition) is 2. The Balaban J connectivity index is 1.96. The lowest BCUT2D eigenvalue weighted by Crippen LogP contribution is -2.23. The molecule has 0 saturated carbocycles. The molecule has 0 atom stereocenters. The molecule has 5 heteroatoms. The van der Waals surface area contributed by atoms with Crippen molar-refractivity contribution in [3.05, 3.63) is 29.3 Å². The molecule has 2 rings (SSSR count). The maximum atomic E-state index is 12.1. The van der Waals surface area contributed by atoms with Gasteiger partial charge in [0, 0.05) is 12.0 Å². The van der Waals surface area contributed by atoms with Crippen molar-refractivity contribution in [3.63, 3.8) is 0 Å². The van der Waals surface area contributed by atoms with E-state index >= 15 is 0 Å². The summed E-state index contributed by atoms with van der Waals surface area (Å²) in [5, 5.41) is 6.89. The fraction of sp³-hybridized carbons (Fsp3) is 0.550. The second-order valence-electron chi connectivity index (χ2n) is 6.60. The number of benzene rings is 1. The smallest absolute Gasteiger partial charge is 0.276 e. The standard InChI is InChI=1S/C20H29N3O2/c1-3-5-7-9-10-15-12-13-16-17(14-15)21-20(25)19(16)23-22-18(24)11-8-6-4-2/h12-14H,3-11H2,1-2H3,(H,22,24)(H,21,23,25). The number of carbonyl (C=O) groups excluding carboxylic acids is 2. The van der Waals surface area contributed by atoms with Gasteiger partial charge in [-0.25, -0.2) is 5.43 Å². The Hall–Kier alpha value is -2.17. The average Bonchev–Trinajstić information content (AvgIpc) is 2.91. The fourth-order valence-electron chi connectivity index (χ4n) is 2.94. The number of aryl methyl sites for hydroxylation is 1. The van der Waals surface area contributed by atoms with Gasteiger partial charge in [0.2, 0.25) is 5.91 Å². The third-order valence-corrected chi connectivity index (χ3v) is 4.42. The van der Waals surface area contributed by atoms with Crippen LogP contribution in [-0.2, 0) is 16.0 Å². The monoisotopic (exact) mass is 343 g/mol. The molecular weight excluding hydrogens is 314 g/mol. The molecule has 0 aromatic heterocycles. The highest BCUT2D eigenvalue weighted by atomic mass is 16.2. The van der Waals surface area contributed by atoms with E-state index in [1.54, 1.807) is 0 Å². The Morgan fingerprint density at radius 2 is 1.84 bits per heavy atom. The lowest BCUT2D eigenvalue weighted by atomic mass is 10.0. The van der Waals surface area contributed by atoms with E-state index in [4.69, 9.17) is 0 Å². The topological polar surface area (TPSA) is 70.6 Å². The van der Waals surface area contributed by atoms with Gasteiger partial charge >= 0.3 is 0 Å². The molecule has 0 saturated heterocycles. The van der Waals surface area contributed by atoms with Gasteiger partial charge in [0.25, 0.3) is 5.91 Å². The van der Waals surface area contributed by atoms with Gasteiger partial charge in [-0.15, -0.1) is 0 Å². The predicted molar refractivity (Wildman–Crippen MR) is 102 cm³/mol. The van der Waals surface area contributed by atoms with E-state index < -0.39 is 0 Å². The molecule has 0 radical (unpaired) electrons. The van der Waals surface area contributed by atoms with Crippen LogP contribution in [0.4, 0.5) is 5.69 Å². The molecule has 2 N–H and O–H groups in total. The van der Waals surface area contributed by atoms with Crippen LogP contribution in [0.1, 0.15) is 76.3 Å². The molecule has 1 aliphatic heterocycles. The number of nitrogens with one attached hydrogen (secondary N) is 2. The zero-order valence-corrected chi connectivity index (χ0v) is 15.4. The number of anilines is 1. The van der Waals surface area contributed by atoms with Crippen LogP contribution in [0, 0.1) is 0 Å². The van der Waals surface area contributed by atoms with Crippen molar-refractivity contribution in [2.24, 2.45) is 5.10 Å². The molecule has 1 aliphatic rings. The summed E-state index contributed by atoms with van der Waals surface area (Å²) in [7, 11) is 0. The van der Waals surface area contributed by atoms with Crippen LogP contribution in [0.2, 0.25) is 0 Å². The van der Waals surface area contributed by atoms with Gasteiger partial charge in [-0.2, -0.15) is 5.10 Å². The van der Waals surface area contributed by atoms with Gasteiger partial charge in [0.15, 0.2) is 5.71 Å². The largest absolute Gasteiger partial charge is 0.320 e. The van der Waals surface area contributed by atoms with Crippen molar-refractivity contribution < 1.29 is 9.59 Å². The van der Waals surface area contributed by atoms with Gasteiger partial charge in [0.1, 0.15) is 0 Å². The van der Waals surface area contributed by atoms with Crippen LogP contribution in [0.3, 0.4) is 0 Å². The van der Waals surface area contributed by atoms with Gasteiger partial charge in [-0.05, 0) is 30.9 Å². The number of rotatable bonds is 10. The Morgan fingerprint density at radius 1 is 1.08 bits per heavy atom. The number of hydrazone groups is 1. The first-order valence-electron chi connectivity index (χ1n) is 9.46. The van der Waals surface area contributed by atoms with Crippen molar-refractivity contribution in [1.29, 1.82) is 0 Å². The summed E-state index contributed by atoms with van der Waals surface area (Å²) in [6, 6.07) is 5.98. The van der Waals surface area contributed by atoms with E-state index in [2.05, 4.69) is 29.7 Å². The van der Waals surface area contributed by atoms with Crippen LogP contribution >= 0.6 is 0 Å². The molecule has 1 aromatic carbocycles. The van der Waals surface area contributed by atoms with Crippen molar-refractivity contribution >= 4 is 23.2 Å².